The van der Waals surface area contributed by atoms with Crippen molar-refractivity contribution in [3.8, 4) is 5.75 Å². The van der Waals surface area contributed by atoms with Crippen LogP contribution in [0.2, 0.25) is 0 Å². The molecular weight excluding hydrogens is 318 g/mol. The minimum Gasteiger partial charge on any atom is -0.485 e. The molecule has 0 unspecified atom stereocenters. The fourth-order valence-corrected chi connectivity index (χ4v) is 2.07. The summed E-state index contributed by atoms with van der Waals surface area (Å²) in [6, 6.07) is 11.3. The molecule has 0 N–H and O–H groups in total. The zero-order chi connectivity index (χ0) is 14.4. The fourth-order valence-electron chi connectivity index (χ4n) is 1.70. The van der Waals surface area contributed by atoms with Gasteiger partial charge < -0.3 is 4.74 Å². The number of nitrogens with zero attached hydrogens (tertiary/aromatic N) is 1. The van der Waals surface area contributed by atoms with E-state index < -0.39 is 0 Å². The zero-order valence-electron chi connectivity index (χ0n) is 11.3. The molecule has 0 bridgehead atoms. The summed E-state index contributed by atoms with van der Waals surface area (Å²) >= 11 is 3.38. The Hall–Kier alpha value is -1.68. The lowest BCUT2D eigenvalue weighted by atomic mass is 10.2. The van der Waals surface area contributed by atoms with Gasteiger partial charge in [0, 0.05) is 11.5 Å². The molecule has 0 saturated heterocycles. The lowest BCUT2D eigenvalue weighted by molar-refractivity contribution is 0.0916. The summed E-state index contributed by atoms with van der Waals surface area (Å²) in [5.41, 5.74) is 2.73. The molecule has 104 valence electrons. The number of rotatable bonds is 6. The molecule has 0 spiro atoms. The molecular formula is C16H16BrNO2. The monoisotopic (exact) mass is 333 g/mol. The van der Waals surface area contributed by atoms with Crippen LogP contribution in [0.1, 0.15) is 28.5 Å². The summed E-state index contributed by atoms with van der Waals surface area (Å²) in [7, 11) is 0. The van der Waals surface area contributed by atoms with E-state index in [2.05, 4.69) is 27.8 Å². The quantitative estimate of drug-likeness (QED) is 0.596. The SMILES string of the molecule is CCc1ccc(C(=O)COc2ccc(CBr)cc2)nc1. The average molecular weight is 334 g/mol. The van der Waals surface area contributed by atoms with E-state index in [4.69, 9.17) is 4.74 Å². The first-order chi connectivity index (χ1) is 9.72. The van der Waals surface area contributed by atoms with Crippen molar-refractivity contribution in [1.29, 1.82) is 0 Å². The maximum atomic E-state index is 11.9. The predicted molar refractivity (Wildman–Crippen MR) is 82.5 cm³/mol. The molecule has 1 heterocycles. The van der Waals surface area contributed by atoms with Crippen molar-refractivity contribution in [2.75, 3.05) is 6.61 Å². The number of ether oxygens (including phenoxy) is 1. The second-order valence-corrected chi connectivity index (χ2v) is 4.96. The first kappa shape index (κ1) is 14.7. The Kier molecular flexibility index (Phi) is 5.30. The van der Waals surface area contributed by atoms with Crippen LogP contribution in [0.25, 0.3) is 0 Å². The highest BCUT2D eigenvalue weighted by molar-refractivity contribution is 9.08. The van der Waals surface area contributed by atoms with E-state index in [9.17, 15) is 4.79 Å². The molecule has 1 aromatic heterocycles. The van der Waals surface area contributed by atoms with E-state index in [0.29, 0.717) is 11.4 Å². The zero-order valence-corrected chi connectivity index (χ0v) is 12.9. The molecule has 0 radical (unpaired) electrons. The third-order valence-electron chi connectivity index (χ3n) is 2.97. The van der Waals surface area contributed by atoms with Crippen LogP contribution in [0.5, 0.6) is 5.75 Å². The number of halogens is 1. The van der Waals surface area contributed by atoms with Crippen LogP contribution >= 0.6 is 15.9 Å². The van der Waals surface area contributed by atoms with Crippen molar-refractivity contribution in [1.82, 2.24) is 4.98 Å². The Bertz CT molecular complexity index is 564. The smallest absolute Gasteiger partial charge is 0.218 e. The Labute approximate surface area is 127 Å². The standard InChI is InChI=1S/C16H16BrNO2/c1-2-12-5-8-15(18-10-12)16(19)11-20-14-6-3-13(9-17)4-7-14/h3-8,10H,2,9,11H2,1H3. The summed E-state index contributed by atoms with van der Waals surface area (Å²) in [6.45, 7) is 2.06. The van der Waals surface area contributed by atoms with Crippen molar-refractivity contribution >= 4 is 21.7 Å². The van der Waals surface area contributed by atoms with Crippen LogP contribution in [0.15, 0.2) is 42.6 Å². The predicted octanol–water partition coefficient (Wildman–Crippen LogP) is 3.80. The van der Waals surface area contributed by atoms with E-state index in [0.717, 1.165) is 17.3 Å². The van der Waals surface area contributed by atoms with Crippen LogP contribution in [-0.4, -0.2) is 17.4 Å². The van der Waals surface area contributed by atoms with Crippen LogP contribution in [0.4, 0.5) is 0 Å². The van der Waals surface area contributed by atoms with Gasteiger partial charge in [0.1, 0.15) is 11.4 Å². The van der Waals surface area contributed by atoms with Gasteiger partial charge in [0.15, 0.2) is 6.61 Å². The van der Waals surface area contributed by atoms with E-state index >= 15 is 0 Å². The van der Waals surface area contributed by atoms with E-state index in [-0.39, 0.29) is 12.4 Å². The highest BCUT2D eigenvalue weighted by atomic mass is 79.9. The number of alkyl halides is 1. The minimum atomic E-state index is -0.114. The molecule has 20 heavy (non-hydrogen) atoms. The summed E-state index contributed by atoms with van der Waals surface area (Å²) in [5, 5.41) is 0.805. The van der Waals surface area contributed by atoms with Crippen molar-refractivity contribution in [3.63, 3.8) is 0 Å². The molecule has 3 nitrogen and oxygen atoms in total. The number of benzene rings is 1. The van der Waals surface area contributed by atoms with Crippen LogP contribution in [0, 0.1) is 0 Å². The first-order valence-electron chi connectivity index (χ1n) is 6.48. The number of carbonyl (C=O) groups is 1. The highest BCUT2D eigenvalue weighted by Gasteiger charge is 2.08. The first-order valence-corrected chi connectivity index (χ1v) is 7.61. The van der Waals surface area contributed by atoms with E-state index in [1.807, 2.05) is 30.3 Å². The van der Waals surface area contributed by atoms with Gasteiger partial charge in [-0.15, -0.1) is 0 Å². The van der Waals surface area contributed by atoms with Crippen LogP contribution in [0.3, 0.4) is 0 Å². The van der Waals surface area contributed by atoms with Gasteiger partial charge in [-0.3, -0.25) is 9.78 Å². The molecule has 0 aliphatic rings. The molecule has 1 aromatic carbocycles. The highest BCUT2D eigenvalue weighted by Crippen LogP contribution is 2.14. The number of aryl methyl sites for hydroxylation is 1. The number of ketones is 1. The molecule has 2 aromatic rings. The molecule has 0 amide bonds. The third-order valence-corrected chi connectivity index (χ3v) is 3.61. The van der Waals surface area contributed by atoms with Gasteiger partial charge in [-0.25, -0.2) is 0 Å². The summed E-state index contributed by atoms with van der Waals surface area (Å²) in [4.78, 5) is 16.1. The molecule has 4 heteroatoms. The van der Waals surface area contributed by atoms with Crippen LogP contribution in [-0.2, 0) is 11.8 Å². The van der Waals surface area contributed by atoms with Crippen molar-refractivity contribution in [2.45, 2.75) is 18.7 Å². The number of pyridine rings is 1. The molecule has 0 atom stereocenters. The lowest BCUT2D eigenvalue weighted by Crippen LogP contribution is -2.13. The second-order valence-electron chi connectivity index (χ2n) is 4.39. The number of hydrogen-bond acceptors (Lipinski definition) is 3. The van der Waals surface area contributed by atoms with Gasteiger partial charge >= 0.3 is 0 Å². The van der Waals surface area contributed by atoms with Gasteiger partial charge in [-0.05, 0) is 35.7 Å². The minimum absolute atomic E-state index is 0.00608. The molecule has 0 aliphatic heterocycles. The van der Waals surface area contributed by atoms with E-state index in [1.54, 1.807) is 12.3 Å². The normalized spacial score (nSPS) is 10.3. The van der Waals surface area contributed by atoms with Gasteiger partial charge in [0.2, 0.25) is 5.78 Å². The maximum absolute atomic E-state index is 11.9. The number of aromatic nitrogens is 1. The van der Waals surface area contributed by atoms with Gasteiger partial charge in [-0.1, -0.05) is 41.1 Å². The van der Waals surface area contributed by atoms with E-state index in [1.165, 1.54) is 5.56 Å². The molecule has 0 saturated carbocycles. The van der Waals surface area contributed by atoms with Gasteiger partial charge in [0.05, 0.1) is 0 Å². The molecule has 0 fully saturated rings. The summed E-state index contributed by atoms with van der Waals surface area (Å²) in [6.07, 6.45) is 2.65. The number of hydrogen-bond donors (Lipinski definition) is 0. The average Bonchev–Trinajstić information content (AvgIpc) is 2.53. The van der Waals surface area contributed by atoms with Gasteiger partial charge in [0.25, 0.3) is 0 Å². The summed E-state index contributed by atoms with van der Waals surface area (Å²) in [5.74, 6) is 0.574. The second kappa shape index (κ2) is 7.20. The number of Topliss-reactive ketones (excluding diaryl/α,β-unsaturated/α-hetero) is 1. The molecule has 0 aliphatic carbocycles. The molecule has 2 rings (SSSR count). The van der Waals surface area contributed by atoms with Gasteiger partial charge in [-0.2, -0.15) is 0 Å². The fraction of sp³-hybridized carbons (Fsp3) is 0.250. The Morgan fingerprint density at radius 2 is 1.85 bits per heavy atom. The Morgan fingerprint density at radius 3 is 2.40 bits per heavy atom. The topological polar surface area (TPSA) is 39.2 Å². The Morgan fingerprint density at radius 1 is 1.15 bits per heavy atom. The van der Waals surface area contributed by atoms with Crippen molar-refractivity contribution in [3.05, 3.63) is 59.4 Å². The summed E-state index contributed by atoms with van der Waals surface area (Å²) < 4.78 is 5.47. The van der Waals surface area contributed by atoms with Crippen LogP contribution < -0.4 is 4.74 Å². The third kappa shape index (κ3) is 3.90. The number of carbonyl (C=O) groups excluding carboxylic acids is 1. The largest absolute Gasteiger partial charge is 0.485 e. The Balaban J connectivity index is 1.93. The van der Waals surface area contributed by atoms with Crippen molar-refractivity contribution in [2.24, 2.45) is 0 Å². The van der Waals surface area contributed by atoms with Crippen molar-refractivity contribution < 1.29 is 9.53 Å². The lowest BCUT2D eigenvalue weighted by Gasteiger charge is -2.06. The maximum Gasteiger partial charge on any atom is 0.218 e.